The Hall–Kier alpha value is -3.19. The Morgan fingerprint density at radius 3 is 2.81 bits per heavy atom. The fourth-order valence-electron chi connectivity index (χ4n) is 2.81. The number of hydrogen-bond acceptors (Lipinski definition) is 5. The van der Waals surface area contributed by atoms with Crippen molar-refractivity contribution in [2.45, 2.75) is 6.92 Å². The van der Waals surface area contributed by atoms with Gasteiger partial charge in [0.15, 0.2) is 5.65 Å². The second-order valence-electron chi connectivity index (χ2n) is 5.51. The predicted molar refractivity (Wildman–Crippen MR) is 97.1 cm³/mol. The van der Waals surface area contributed by atoms with Crippen molar-refractivity contribution in [2.24, 2.45) is 0 Å². The van der Waals surface area contributed by atoms with Crippen molar-refractivity contribution >= 4 is 34.1 Å². The van der Waals surface area contributed by atoms with Crippen LogP contribution in [0, 0.1) is 0 Å². The monoisotopic (exact) mass is 368 g/mol. The Balaban J connectivity index is 1.95. The van der Waals surface area contributed by atoms with Gasteiger partial charge in [0, 0.05) is 12.4 Å². The molecule has 26 heavy (non-hydrogen) atoms. The Kier molecular flexibility index (Phi) is 3.93. The number of pyridine rings is 1. The molecule has 0 unspecified atom stereocenters. The van der Waals surface area contributed by atoms with Gasteiger partial charge >= 0.3 is 5.97 Å². The van der Waals surface area contributed by atoms with E-state index in [-0.39, 0.29) is 17.7 Å². The highest BCUT2D eigenvalue weighted by molar-refractivity contribution is 6.32. The highest BCUT2D eigenvalue weighted by Crippen LogP contribution is 2.20. The first-order chi connectivity index (χ1) is 12.6. The molecule has 4 aromatic rings. The van der Waals surface area contributed by atoms with E-state index in [2.05, 4.69) is 10.1 Å². The molecule has 0 aliphatic heterocycles. The van der Waals surface area contributed by atoms with Crippen LogP contribution in [0.2, 0.25) is 5.02 Å². The molecule has 1 aromatic carbocycles. The van der Waals surface area contributed by atoms with Gasteiger partial charge in [-0.05, 0) is 25.1 Å². The van der Waals surface area contributed by atoms with Crippen molar-refractivity contribution in [3.8, 4) is 5.69 Å². The quantitative estimate of drug-likeness (QED) is 0.519. The molecule has 0 saturated carbocycles. The van der Waals surface area contributed by atoms with E-state index in [4.69, 9.17) is 16.3 Å². The lowest BCUT2D eigenvalue weighted by Gasteiger charge is -2.09. The van der Waals surface area contributed by atoms with Gasteiger partial charge in [0.05, 0.1) is 34.4 Å². The van der Waals surface area contributed by atoms with Gasteiger partial charge < -0.3 is 4.74 Å². The third-order valence-electron chi connectivity index (χ3n) is 4.00. The summed E-state index contributed by atoms with van der Waals surface area (Å²) in [6, 6.07) is 8.81. The van der Waals surface area contributed by atoms with Gasteiger partial charge in [0.2, 0.25) is 0 Å². The standard InChI is InChI=1S/C18H13ClN4O3/c1-2-26-18(25)12-10-21-23-14-7-8-22(15-6-4-3-5-13(15)19)17(24)11(14)9-20-16(12)23/h3-10H,2H2,1H3. The number of fused-ring (bicyclic) bond motifs is 3. The maximum atomic E-state index is 12.9. The third-order valence-corrected chi connectivity index (χ3v) is 4.32. The fourth-order valence-corrected chi connectivity index (χ4v) is 3.03. The molecule has 4 rings (SSSR count). The topological polar surface area (TPSA) is 78.5 Å². The van der Waals surface area contributed by atoms with E-state index in [9.17, 15) is 9.59 Å². The first kappa shape index (κ1) is 16.3. The number of benzene rings is 1. The molecule has 0 aliphatic rings. The van der Waals surface area contributed by atoms with Crippen LogP contribution < -0.4 is 5.56 Å². The summed E-state index contributed by atoms with van der Waals surface area (Å²) in [5, 5.41) is 5.01. The van der Waals surface area contributed by atoms with Gasteiger partial charge in [-0.1, -0.05) is 23.7 Å². The van der Waals surface area contributed by atoms with Crippen LogP contribution in [-0.4, -0.2) is 31.7 Å². The number of halogens is 1. The first-order valence-corrected chi connectivity index (χ1v) is 8.29. The van der Waals surface area contributed by atoms with Crippen LogP contribution in [0.1, 0.15) is 17.3 Å². The SMILES string of the molecule is CCOC(=O)c1cnn2c1ncc1c(=O)n(-c3ccccc3Cl)ccc12. The second-order valence-corrected chi connectivity index (χ2v) is 5.92. The molecule has 0 bridgehead atoms. The average Bonchev–Trinajstić information content (AvgIpc) is 3.08. The highest BCUT2D eigenvalue weighted by Gasteiger charge is 2.18. The minimum Gasteiger partial charge on any atom is -0.462 e. The minimum absolute atomic E-state index is 0.254. The Morgan fingerprint density at radius 1 is 1.23 bits per heavy atom. The number of ether oxygens (including phenoxy) is 1. The van der Waals surface area contributed by atoms with Crippen LogP contribution in [0.25, 0.3) is 22.2 Å². The van der Waals surface area contributed by atoms with E-state index in [1.54, 1.807) is 43.5 Å². The maximum Gasteiger partial charge on any atom is 0.343 e. The zero-order valence-corrected chi connectivity index (χ0v) is 14.5. The molecule has 3 aromatic heterocycles. The van der Waals surface area contributed by atoms with Crippen molar-refractivity contribution < 1.29 is 9.53 Å². The Labute approximate surface area is 152 Å². The van der Waals surface area contributed by atoms with Gasteiger partial charge in [-0.2, -0.15) is 5.10 Å². The molecule has 0 radical (unpaired) electrons. The number of esters is 1. The summed E-state index contributed by atoms with van der Waals surface area (Å²) in [4.78, 5) is 29.1. The van der Waals surface area contributed by atoms with E-state index in [0.717, 1.165) is 0 Å². The molecule has 0 spiro atoms. The molecule has 3 heterocycles. The van der Waals surface area contributed by atoms with E-state index in [1.807, 2.05) is 0 Å². The number of carbonyl (C=O) groups is 1. The Morgan fingerprint density at radius 2 is 2.04 bits per heavy atom. The van der Waals surface area contributed by atoms with E-state index in [0.29, 0.717) is 27.3 Å². The number of nitrogens with zero attached hydrogens (tertiary/aromatic N) is 4. The summed E-state index contributed by atoms with van der Waals surface area (Å²) < 4.78 is 7.92. The van der Waals surface area contributed by atoms with Crippen LogP contribution in [0.4, 0.5) is 0 Å². The largest absolute Gasteiger partial charge is 0.462 e. The van der Waals surface area contributed by atoms with E-state index in [1.165, 1.54) is 21.5 Å². The summed E-state index contributed by atoms with van der Waals surface area (Å²) >= 11 is 6.20. The number of aromatic nitrogens is 4. The summed E-state index contributed by atoms with van der Waals surface area (Å²) in [6.45, 7) is 1.98. The molecule has 0 fully saturated rings. The molecule has 7 nitrogen and oxygen atoms in total. The lowest BCUT2D eigenvalue weighted by molar-refractivity contribution is 0.0528. The van der Waals surface area contributed by atoms with Gasteiger partial charge in [0.1, 0.15) is 5.56 Å². The smallest absolute Gasteiger partial charge is 0.343 e. The number of rotatable bonds is 3. The van der Waals surface area contributed by atoms with Crippen LogP contribution in [0.15, 0.2) is 53.7 Å². The molecule has 0 N–H and O–H groups in total. The molecular formula is C18H13ClN4O3. The van der Waals surface area contributed by atoms with Gasteiger partial charge in [-0.3, -0.25) is 9.36 Å². The number of hydrogen-bond donors (Lipinski definition) is 0. The van der Waals surface area contributed by atoms with Crippen LogP contribution in [-0.2, 0) is 4.74 Å². The summed E-state index contributed by atoms with van der Waals surface area (Å²) in [5.41, 5.74) is 1.43. The summed E-state index contributed by atoms with van der Waals surface area (Å²) in [5.74, 6) is -0.501. The molecular weight excluding hydrogens is 356 g/mol. The molecule has 0 atom stereocenters. The van der Waals surface area contributed by atoms with Crippen molar-refractivity contribution in [3.63, 3.8) is 0 Å². The normalized spacial score (nSPS) is 11.2. The van der Waals surface area contributed by atoms with Crippen LogP contribution in [0.5, 0.6) is 0 Å². The van der Waals surface area contributed by atoms with Crippen LogP contribution in [0.3, 0.4) is 0 Å². The van der Waals surface area contributed by atoms with E-state index >= 15 is 0 Å². The molecule has 0 aliphatic carbocycles. The number of carbonyl (C=O) groups excluding carboxylic acids is 1. The van der Waals surface area contributed by atoms with Gasteiger partial charge in [0.25, 0.3) is 5.56 Å². The van der Waals surface area contributed by atoms with Gasteiger partial charge in [-0.15, -0.1) is 0 Å². The zero-order valence-electron chi connectivity index (χ0n) is 13.7. The summed E-state index contributed by atoms with van der Waals surface area (Å²) in [7, 11) is 0. The first-order valence-electron chi connectivity index (χ1n) is 7.92. The van der Waals surface area contributed by atoms with Crippen molar-refractivity contribution in [1.29, 1.82) is 0 Å². The maximum absolute atomic E-state index is 12.9. The van der Waals surface area contributed by atoms with Crippen molar-refractivity contribution in [3.05, 3.63) is 69.9 Å². The molecule has 8 heteroatoms. The zero-order chi connectivity index (χ0) is 18.3. The fraction of sp³-hybridized carbons (Fsp3) is 0.111. The average molecular weight is 369 g/mol. The van der Waals surface area contributed by atoms with Gasteiger partial charge in [-0.25, -0.2) is 14.3 Å². The molecule has 130 valence electrons. The Bertz CT molecular complexity index is 1210. The number of para-hydroxylation sites is 1. The second kappa shape index (κ2) is 6.27. The van der Waals surface area contributed by atoms with Crippen molar-refractivity contribution in [1.82, 2.24) is 19.2 Å². The third kappa shape index (κ3) is 2.44. The summed E-state index contributed by atoms with van der Waals surface area (Å²) in [6.07, 6.45) is 4.45. The lowest BCUT2D eigenvalue weighted by Crippen LogP contribution is -2.19. The van der Waals surface area contributed by atoms with E-state index < -0.39 is 5.97 Å². The minimum atomic E-state index is -0.501. The van der Waals surface area contributed by atoms with Crippen molar-refractivity contribution in [2.75, 3.05) is 6.61 Å². The molecule has 0 amide bonds. The lowest BCUT2D eigenvalue weighted by atomic mass is 10.2. The molecule has 0 saturated heterocycles. The van der Waals surface area contributed by atoms with Crippen LogP contribution >= 0.6 is 11.6 Å². The predicted octanol–water partition coefficient (Wildman–Crippen LogP) is 2.86. The highest BCUT2D eigenvalue weighted by atomic mass is 35.5.